The quantitative estimate of drug-likeness (QED) is 0.659. The number of hydrogen-bond acceptors (Lipinski definition) is 5. The number of imidazole rings is 1. The number of likely N-dealkylation sites (N-methyl/N-ethyl adjacent to an activating group) is 1. The molecule has 3 heterocycles. The number of pyridine rings is 1. The lowest BCUT2D eigenvalue weighted by Gasteiger charge is -2.34. The summed E-state index contributed by atoms with van der Waals surface area (Å²) in [7, 11) is 2.16. The monoisotopic (exact) mass is 439 g/mol. The van der Waals surface area contributed by atoms with Crippen molar-refractivity contribution in [2.45, 2.75) is 12.8 Å². The van der Waals surface area contributed by atoms with Crippen LogP contribution in [0.3, 0.4) is 0 Å². The summed E-state index contributed by atoms with van der Waals surface area (Å²) in [5.74, 6) is 0.609. The molecule has 0 saturated carbocycles. The maximum Gasteiger partial charge on any atom is 0.137 e. The van der Waals surface area contributed by atoms with Gasteiger partial charge in [0.2, 0.25) is 0 Å². The van der Waals surface area contributed by atoms with Gasteiger partial charge >= 0.3 is 0 Å². The Hall–Kier alpha value is -3.40. The Morgan fingerprint density at radius 3 is 2.58 bits per heavy atom. The van der Waals surface area contributed by atoms with Crippen molar-refractivity contribution in [2.75, 3.05) is 39.8 Å². The van der Waals surface area contributed by atoms with Crippen molar-refractivity contribution in [1.82, 2.24) is 19.2 Å². The lowest BCUT2D eigenvalue weighted by Crippen LogP contribution is -2.45. The lowest BCUT2D eigenvalue weighted by atomic mass is 9.81. The number of benzene rings is 1. The Morgan fingerprint density at radius 1 is 1.09 bits per heavy atom. The summed E-state index contributed by atoms with van der Waals surface area (Å²) in [4.78, 5) is 9.32. The summed E-state index contributed by atoms with van der Waals surface area (Å²) in [6.45, 7) is 7.12. The molecule has 0 radical (unpaired) electrons. The van der Waals surface area contributed by atoms with Gasteiger partial charge in [0.1, 0.15) is 11.4 Å². The topological polar surface area (TPSA) is 67.8 Å². The summed E-state index contributed by atoms with van der Waals surface area (Å²) in [5, 5.41) is 20.1. The van der Waals surface area contributed by atoms with Gasteiger partial charge in [0.05, 0.1) is 23.5 Å². The Labute approximate surface area is 194 Å². The Balaban J connectivity index is 1.40. The number of hydrogen-bond donors (Lipinski definition) is 1. The van der Waals surface area contributed by atoms with Gasteiger partial charge in [-0.15, -0.1) is 0 Å². The summed E-state index contributed by atoms with van der Waals surface area (Å²) in [6.07, 6.45) is 8.33. The molecule has 0 spiro atoms. The second kappa shape index (κ2) is 8.86. The molecule has 2 aromatic heterocycles. The first-order chi connectivity index (χ1) is 16.0. The highest BCUT2D eigenvalue weighted by Gasteiger charge is 2.27. The molecule has 6 nitrogen and oxygen atoms in total. The fourth-order valence-corrected chi connectivity index (χ4v) is 4.84. The summed E-state index contributed by atoms with van der Waals surface area (Å²) in [6, 6.07) is 13.9. The number of aliphatic hydroxyl groups excluding tert-OH is 1. The largest absolute Gasteiger partial charge is 0.512 e. The van der Waals surface area contributed by atoms with E-state index in [9.17, 15) is 5.11 Å². The van der Waals surface area contributed by atoms with Crippen LogP contribution in [0, 0.1) is 17.2 Å². The van der Waals surface area contributed by atoms with Gasteiger partial charge in [-0.05, 0) is 30.8 Å². The van der Waals surface area contributed by atoms with E-state index >= 15 is 0 Å². The van der Waals surface area contributed by atoms with E-state index in [1.165, 1.54) is 0 Å². The van der Waals surface area contributed by atoms with Gasteiger partial charge in [-0.3, -0.25) is 9.30 Å². The first-order valence-corrected chi connectivity index (χ1v) is 11.5. The molecule has 2 atom stereocenters. The van der Waals surface area contributed by atoms with Crippen LogP contribution >= 0.6 is 0 Å². The van der Waals surface area contributed by atoms with E-state index in [1.807, 2.05) is 36.5 Å². The second-order valence-electron chi connectivity index (χ2n) is 9.19. The smallest absolute Gasteiger partial charge is 0.137 e. The third-order valence-corrected chi connectivity index (χ3v) is 7.02. The molecule has 1 aromatic carbocycles. The van der Waals surface area contributed by atoms with Gasteiger partial charge in [-0.2, -0.15) is 5.26 Å². The van der Waals surface area contributed by atoms with E-state index in [-0.39, 0.29) is 11.8 Å². The van der Waals surface area contributed by atoms with Crippen LogP contribution in [0.25, 0.3) is 16.9 Å². The Bertz CT molecular complexity index is 1260. The van der Waals surface area contributed by atoms with Crippen LogP contribution in [0.5, 0.6) is 0 Å². The van der Waals surface area contributed by atoms with Crippen molar-refractivity contribution in [2.24, 2.45) is 5.92 Å². The van der Waals surface area contributed by atoms with Crippen LogP contribution < -0.4 is 0 Å². The van der Waals surface area contributed by atoms with E-state index in [0.29, 0.717) is 11.3 Å². The molecule has 3 aromatic rings. The first kappa shape index (κ1) is 21.4. The van der Waals surface area contributed by atoms with Crippen LogP contribution in [-0.2, 0) is 0 Å². The minimum absolute atomic E-state index is 0.0109. The van der Waals surface area contributed by atoms with E-state index in [4.69, 9.17) is 5.26 Å². The van der Waals surface area contributed by atoms with Crippen molar-refractivity contribution in [3.63, 3.8) is 0 Å². The molecule has 2 unspecified atom stereocenters. The molecule has 6 heteroatoms. The van der Waals surface area contributed by atoms with Gasteiger partial charge in [-0.1, -0.05) is 37.3 Å². The van der Waals surface area contributed by atoms with Crippen LogP contribution in [0.2, 0.25) is 0 Å². The number of nitrogens with zero attached hydrogens (tertiary/aromatic N) is 5. The van der Waals surface area contributed by atoms with Crippen LogP contribution in [0.15, 0.2) is 72.3 Å². The van der Waals surface area contributed by atoms with Gasteiger partial charge in [0.15, 0.2) is 0 Å². The molecular formula is C27H29N5O. The normalized spacial score (nSPS) is 22.1. The number of allylic oxidation sites excluding steroid dienone is 2. The fourth-order valence-electron chi connectivity index (χ4n) is 4.84. The average Bonchev–Trinajstić information content (AvgIpc) is 3.27. The maximum atomic E-state index is 11.1. The third-order valence-electron chi connectivity index (χ3n) is 7.02. The highest BCUT2D eigenvalue weighted by Crippen LogP contribution is 2.36. The van der Waals surface area contributed by atoms with Crippen molar-refractivity contribution < 1.29 is 5.11 Å². The molecule has 1 aliphatic heterocycles. The zero-order valence-corrected chi connectivity index (χ0v) is 19.1. The zero-order valence-electron chi connectivity index (χ0n) is 19.1. The van der Waals surface area contributed by atoms with Crippen molar-refractivity contribution in [1.29, 1.82) is 5.26 Å². The van der Waals surface area contributed by atoms with Gasteiger partial charge in [0.25, 0.3) is 0 Å². The standard InChI is InChI=1S/C27H29N5O/c1-19-24(9-7-23(27(19)33)17-31-13-11-30(2)12-14-31)22-8-10-26-29-16-25(32(26)18-22)21-5-3-20(15-28)4-6-21/h3-10,16,18-19,24,33H,11-14,17H2,1-2H3. The van der Waals surface area contributed by atoms with Crippen molar-refractivity contribution >= 4 is 5.65 Å². The molecule has 5 rings (SSSR count). The molecule has 1 fully saturated rings. The predicted octanol–water partition coefficient (Wildman–Crippen LogP) is 4.22. The Kier molecular flexibility index (Phi) is 5.76. The number of aliphatic hydroxyl groups is 1. The molecule has 0 amide bonds. The van der Waals surface area contributed by atoms with E-state index < -0.39 is 0 Å². The van der Waals surface area contributed by atoms with Crippen LogP contribution in [0.4, 0.5) is 0 Å². The third kappa shape index (κ3) is 4.18. The number of fused-ring (bicyclic) bond motifs is 1. The van der Waals surface area contributed by atoms with Crippen molar-refractivity contribution in [3.8, 4) is 17.3 Å². The number of nitriles is 1. The minimum atomic E-state index is 0.0109. The van der Waals surface area contributed by atoms with Crippen LogP contribution in [-0.4, -0.2) is 64.1 Å². The molecule has 33 heavy (non-hydrogen) atoms. The SMILES string of the molecule is CC1C(O)=C(CN2CCN(C)CC2)C=CC1c1ccc2ncc(-c3ccc(C#N)cc3)n2c1. The van der Waals surface area contributed by atoms with Gasteiger partial charge in [-0.25, -0.2) is 4.98 Å². The van der Waals surface area contributed by atoms with E-state index in [2.05, 4.69) is 63.6 Å². The average molecular weight is 440 g/mol. The maximum absolute atomic E-state index is 11.1. The van der Waals surface area contributed by atoms with E-state index in [1.54, 1.807) is 0 Å². The zero-order chi connectivity index (χ0) is 22.9. The second-order valence-corrected chi connectivity index (χ2v) is 9.19. The number of rotatable bonds is 4. The summed E-state index contributed by atoms with van der Waals surface area (Å²) < 4.78 is 2.10. The van der Waals surface area contributed by atoms with Crippen molar-refractivity contribution in [3.05, 3.63) is 83.4 Å². The molecular weight excluding hydrogens is 410 g/mol. The van der Waals surface area contributed by atoms with Gasteiger partial charge in [0, 0.05) is 61.9 Å². The predicted molar refractivity (Wildman–Crippen MR) is 130 cm³/mol. The Morgan fingerprint density at radius 2 is 1.85 bits per heavy atom. The van der Waals surface area contributed by atoms with Crippen LogP contribution in [0.1, 0.15) is 24.0 Å². The highest BCUT2D eigenvalue weighted by atomic mass is 16.3. The molecule has 0 bridgehead atoms. The molecule has 1 aliphatic carbocycles. The lowest BCUT2D eigenvalue weighted by molar-refractivity contribution is 0.162. The number of aromatic nitrogens is 2. The van der Waals surface area contributed by atoms with E-state index in [0.717, 1.165) is 60.8 Å². The summed E-state index contributed by atoms with van der Waals surface area (Å²) >= 11 is 0. The summed E-state index contributed by atoms with van der Waals surface area (Å²) in [5.41, 5.74) is 5.70. The fraction of sp³-hybridized carbons (Fsp3) is 0.333. The molecule has 2 aliphatic rings. The molecule has 1 saturated heterocycles. The molecule has 1 N–H and O–H groups in total. The molecule has 168 valence electrons. The number of piperazine rings is 1. The highest BCUT2D eigenvalue weighted by molar-refractivity contribution is 5.64. The minimum Gasteiger partial charge on any atom is -0.512 e. The first-order valence-electron chi connectivity index (χ1n) is 11.5. The van der Waals surface area contributed by atoms with Gasteiger partial charge < -0.3 is 10.0 Å².